The van der Waals surface area contributed by atoms with E-state index in [2.05, 4.69) is 27.2 Å². The number of thiazole rings is 1. The zero-order valence-electron chi connectivity index (χ0n) is 17.4. The molecule has 0 aliphatic rings. The maximum absolute atomic E-state index is 12.6. The van der Waals surface area contributed by atoms with Crippen LogP contribution >= 0.6 is 11.3 Å². The molecular formula is C23H22N4O3S. The number of hydrogen-bond acceptors (Lipinski definition) is 5. The van der Waals surface area contributed by atoms with E-state index < -0.39 is 11.3 Å². The topological polar surface area (TPSA) is 100 Å². The summed E-state index contributed by atoms with van der Waals surface area (Å²) in [6.07, 6.45) is 0. The third-order valence-electron chi connectivity index (χ3n) is 4.94. The molecule has 2 heterocycles. The van der Waals surface area contributed by atoms with Gasteiger partial charge in [-0.25, -0.2) is 14.6 Å². The van der Waals surface area contributed by atoms with Gasteiger partial charge in [0.2, 0.25) is 0 Å². The third-order valence-corrected chi connectivity index (χ3v) is 5.70. The first-order chi connectivity index (χ1) is 14.7. The molecule has 2 aromatic heterocycles. The second-order valence-corrected chi connectivity index (χ2v) is 8.69. The van der Waals surface area contributed by atoms with Crippen molar-refractivity contribution in [1.82, 2.24) is 15.3 Å². The summed E-state index contributed by atoms with van der Waals surface area (Å²) in [5, 5.41) is 8.10. The zero-order valence-corrected chi connectivity index (χ0v) is 18.2. The molecule has 0 bridgehead atoms. The number of benzene rings is 2. The van der Waals surface area contributed by atoms with Crippen molar-refractivity contribution in [3.8, 4) is 11.3 Å². The van der Waals surface area contributed by atoms with E-state index in [1.54, 1.807) is 12.1 Å². The van der Waals surface area contributed by atoms with Crippen molar-refractivity contribution in [2.75, 3.05) is 5.32 Å². The lowest BCUT2D eigenvalue weighted by Crippen LogP contribution is -2.43. The molecule has 0 unspecified atom stereocenters. The maximum Gasteiger partial charge on any atom is 0.417 e. The van der Waals surface area contributed by atoms with Crippen LogP contribution in [0.3, 0.4) is 0 Å². The van der Waals surface area contributed by atoms with Gasteiger partial charge in [-0.3, -0.25) is 10.3 Å². The summed E-state index contributed by atoms with van der Waals surface area (Å²) < 4.78 is 5.10. The molecule has 0 saturated heterocycles. The number of allylic oxidation sites excluding steroid dienone is 1. The second kappa shape index (κ2) is 7.88. The monoisotopic (exact) mass is 434 g/mol. The zero-order chi connectivity index (χ0) is 22.2. The van der Waals surface area contributed by atoms with Crippen molar-refractivity contribution in [2.45, 2.75) is 26.3 Å². The number of carbonyl (C=O) groups is 1. The van der Waals surface area contributed by atoms with Crippen LogP contribution in [0.5, 0.6) is 0 Å². The van der Waals surface area contributed by atoms with Crippen molar-refractivity contribution in [1.29, 1.82) is 0 Å². The van der Waals surface area contributed by atoms with Crippen LogP contribution in [0.2, 0.25) is 0 Å². The smallest absolute Gasteiger partial charge is 0.408 e. The van der Waals surface area contributed by atoms with E-state index in [0.29, 0.717) is 21.9 Å². The highest BCUT2D eigenvalue weighted by Gasteiger charge is 2.23. The van der Waals surface area contributed by atoms with Crippen LogP contribution in [-0.2, 0) is 5.54 Å². The lowest BCUT2D eigenvalue weighted by Gasteiger charge is -2.27. The van der Waals surface area contributed by atoms with Gasteiger partial charge in [-0.2, -0.15) is 0 Å². The Morgan fingerprint density at radius 3 is 2.81 bits per heavy atom. The van der Waals surface area contributed by atoms with Crippen molar-refractivity contribution < 1.29 is 9.21 Å². The van der Waals surface area contributed by atoms with Crippen LogP contribution in [0, 0.1) is 0 Å². The lowest BCUT2D eigenvalue weighted by atomic mass is 9.92. The Morgan fingerprint density at radius 1 is 1.23 bits per heavy atom. The molecule has 158 valence electrons. The fourth-order valence-corrected chi connectivity index (χ4v) is 3.94. The van der Waals surface area contributed by atoms with Gasteiger partial charge in [-0.15, -0.1) is 11.3 Å². The van der Waals surface area contributed by atoms with Crippen LogP contribution in [-0.4, -0.2) is 16.0 Å². The predicted octanol–water partition coefficient (Wildman–Crippen LogP) is 5.33. The third kappa shape index (κ3) is 4.44. The first-order valence-electron chi connectivity index (χ1n) is 9.66. The Bertz CT molecular complexity index is 1350. The number of oxazole rings is 1. The summed E-state index contributed by atoms with van der Waals surface area (Å²) in [5.74, 6) is -0.499. The number of amides is 2. The highest BCUT2D eigenvalue weighted by Crippen LogP contribution is 2.28. The second-order valence-electron chi connectivity index (χ2n) is 7.83. The minimum atomic E-state index is -0.591. The molecule has 7 nitrogen and oxygen atoms in total. The minimum absolute atomic E-state index is 0.348. The number of aromatic nitrogens is 2. The van der Waals surface area contributed by atoms with E-state index in [0.717, 1.165) is 22.3 Å². The predicted molar refractivity (Wildman–Crippen MR) is 124 cm³/mol. The Balaban J connectivity index is 1.47. The van der Waals surface area contributed by atoms with E-state index in [1.165, 1.54) is 11.3 Å². The highest BCUT2D eigenvalue weighted by atomic mass is 32.1. The van der Waals surface area contributed by atoms with Crippen LogP contribution in [0.1, 0.15) is 31.9 Å². The number of nitrogens with one attached hydrogen (secondary N) is 3. The van der Waals surface area contributed by atoms with E-state index in [-0.39, 0.29) is 6.03 Å². The number of fused-ring (bicyclic) bond motifs is 1. The van der Waals surface area contributed by atoms with Gasteiger partial charge in [-0.1, -0.05) is 36.4 Å². The molecule has 0 atom stereocenters. The van der Waals surface area contributed by atoms with Crippen LogP contribution in [0.15, 0.2) is 63.6 Å². The maximum atomic E-state index is 12.6. The van der Waals surface area contributed by atoms with Crippen LogP contribution < -0.4 is 16.4 Å². The van der Waals surface area contributed by atoms with Gasteiger partial charge in [-0.05, 0) is 50.1 Å². The Hall–Kier alpha value is -3.65. The first kappa shape index (κ1) is 20.6. The summed E-state index contributed by atoms with van der Waals surface area (Å²) in [6, 6.07) is 12.9. The molecule has 8 heteroatoms. The van der Waals surface area contributed by atoms with Crippen molar-refractivity contribution in [3.63, 3.8) is 0 Å². The van der Waals surface area contributed by atoms with Crippen molar-refractivity contribution >= 4 is 39.2 Å². The standard InChI is InChI=1S/C23H22N4O3S/c1-13(2)14-6-5-7-16(10-14)23(3,4)27-20(28)26-21-24-18(12-31-21)15-8-9-17-19(11-15)30-22(29)25-17/h5-12H,1H2,2-4H3,(H,25,29)(H2,24,26,27,28). The average molecular weight is 435 g/mol. The van der Waals surface area contributed by atoms with Crippen molar-refractivity contribution in [3.05, 3.63) is 76.1 Å². The fourth-order valence-electron chi connectivity index (χ4n) is 3.23. The molecule has 0 aliphatic carbocycles. The molecule has 0 fully saturated rings. The van der Waals surface area contributed by atoms with E-state index in [9.17, 15) is 9.59 Å². The summed E-state index contributed by atoms with van der Waals surface area (Å²) in [4.78, 5) is 31.0. The van der Waals surface area contributed by atoms with Gasteiger partial charge in [0, 0.05) is 10.9 Å². The minimum Gasteiger partial charge on any atom is -0.408 e. The molecular weight excluding hydrogens is 412 g/mol. The van der Waals surface area contributed by atoms with Gasteiger partial charge in [0.15, 0.2) is 10.7 Å². The van der Waals surface area contributed by atoms with Gasteiger partial charge in [0.05, 0.1) is 16.7 Å². The molecule has 0 spiro atoms. The van der Waals surface area contributed by atoms with E-state index in [4.69, 9.17) is 4.42 Å². The highest BCUT2D eigenvalue weighted by molar-refractivity contribution is 7.14. The molecule has 3 N–H and O–H groups in total. The quantitative estimate of drug-likeness (QED) is 0.395. The number of nitrogens with zero attached hydrogens (tertiary/aromatic N) is 1. The number of urea groups is 1. The Labute approximate surface area is 182 Å². The number of anilines is 1. The lowest BCUT2D eigenvalue weighted by molar-refractivity contribution is 0.242. The van der Waals surface area contributed by atoms with Crippen LogP contribution in [0.4, 0.5) is 9.93 Å². The van der Waals surface area contributed by atoms with E-state index >= 15 is 0 Å². The summed E-state index contributed by atoms with van der Waals surface area (Å²) >= 11 is 1.32. The van der Waals surface area contributed by atoms with Crippen molar-refractivity contribution in [2.24, 2.45) is 0 Å². The molecule has 0 aliphatic heterocycles. The SMILES string of the molecule is C=C(C)c1cccc(C(C)(C)NC(=O)Nc2nc(-c3ccc4[nH]c(=O)oc4c3)cs2)c1. The Morgan fingerprint density at radius 2 is 2.03 bits per heavy atom. The molecule has 2 amide bonds. The Kier molecular flexibility index (Phi) is 5.24. The molecule has 31 heavy (non-hydrogen) atoms. The van der Waals surface area contributed by atoms with Crippen LogP contribution in [0.25, 0.3) is 27.9 Å². The molecule has 4 aromatic rings. The first-order valence-corrected chi connectivity index (χ1v) is 10.5. The largest absolute Gasteiger partial charge is 0.417 e. The number of hydrogen-bond donors (Lipinski definition) is 3. The summed E-state index contributed by atoms with van der Waals surface area (Å²) in [5.41, 5.74) is 4.94. The number of aromatic amines is 1. The number of carbonyl (C=O) groups excluding carboxylic acids is 1. The van der Waals surface area contributed by atoms with Gasteiger partial charge < -0.3 is 9.73 Å². The fraction of sp³-hybridized carbons (Fsp3) is 0.174. The number of rotatable bonds is 5. The van der Waals surface area contributed by atoms with Gasteiger partial charge in [0.25, 0.3) is 0 Å². The normalized spacial score (nSPS) is 11.5. The van der Waals surface area contributed by atoms with Gasteiger partial charge in [0.1, 0.15) is 0 Å². The molecule has 0 radical (unpaired) electrons. The van der Waals surface area contributed by atoms with Gasteiger partial charge >= 0.3 is 11.8 Å². The molecule has 4 rings (SSSR count). The number of H-pyrrole nitrogens is 1. The summed E-state index contributed by atoms with van der Waals surface area (Å²) in [6.45, 7) is 9.82. The van der Waals surface area contributed by atoms with E-state index in [1.807, 2.05) is 56.5 Å². The average Bonchev–Trinajstić information content (AvgIpc) is 3.32. The summed E-state index contributed by atoms with van der Waals surface area (Å²) in [7, 11) is 0. The molecule has 2 aromatic carbocycles. The molecule has 0 saturated carbocycles.